The minimum Gasteiger partial charge on any atom is -0.457 e. The lowest BCUT2D eigenvalue weighted by molar-refractivity contribution is -0.110. The van der Waals surface area contributed by atoms with Gasteiger partial charge in [-0.3, -0.25) is 4.79 Å². The molecule has 0 radical (unpaired) electrons. The molecule has 0 aliphatic carbocycles. The Labute approximate surface area is 169 Å². The molecule has 4 heterocycles. The molecule has 2 aliphatic rings. The maximum absolute atomic E-state index is 12.3. The molecule has 0 bridgehead atoms. The summed E-state index contributed by atoms with van der Waals surface area (Å²) in [6.45, 7) is 4.09. The van der Waals surface area contributed by atoms with Gasteiger partial charge in [0.05, 0.1) is 5.57 Å². The fraction of sp³-hybridized carbons (Fsp3) is 0.217. The van der Waals surface area contributed by atoms with E-state index < -0.39 is 0 Å². The Morgan fingerprint density at radius 1 is 1.03 bits per heavy atom. The first-order valence-electron chi connectivity index (χ1n) is 9.79. The molecule has 1 aromatic carbocycles. The number of anilines is 2. The molecule has 2 aromatic heterocycles. The lowest BCUT2D eigenvalue weighted by Crippen LogP contribution is -2.44. The van der Waals surface area contributed by atoms with E-state index in [-0.39, 0.29) is 5.91 Å². The van der Waals surface area contributed by atoms with Crippen LogP contribution in [0.15, 0.2) is 59.1 Å². The number of hydrogen-bond acceptors (Lipinski definition) is 5. The molecule has 0 spiro atoms. The van der Waals surface area contributed by atoms with Gasteiger partial charge in [-0.2, -0.15) is 0 Å². The SMILES string of the molecule is CN1CCN(c2ccc(-c3ccc(C=C4C(=O)Nc5ccccc54)o3)cn2)CC1. The number of para-hydroxylation sites is 1. The van der Waals surface area contributed by atoms with E-state index in [0.717, 1.165) is 54.6 Å². The Hall–Kier alpha value is -3.38. The van der Waals surface area contributed by atoms with Gasteiger partial charge < -0.3 is 19.5 Å². The highest BCUT2D eigenvalue weighted by Crippen LogP contribution is 2.33. The highest BCUT2D eigenvalue weighted by atomic mass is 16.3. The van der Waals surface area contributed by atoms with Gasteiger partial charge in [0.2, 0.25) is 0 Å². The number of carbonyl (C=O) groups excluding carboxylic acids is 1. The molecule has 0 unspecified atom stereocenters. The number of hydrogen-bond donors (Lipinski definition) is 1. The van der Waals surface area contributed by atoms with E-state index in [1.807, 2.05) is 54.7 Å². The predicted octanol–water partition coefficient (Wildman–Crippen LogP) is 3.59. The first kappa shape index (κ1) is 17.7. The molecule has 6 nitrogen and oxygen atoms in total. The normalized spacial score (nSPS) is 18.2. The largest absolute Gasteiger partial charge is 0.457 e. The highest BCUT2D eigenvalue weighted by molar-refractivity contribution is 6.34. The van der Waals surface area contributed by atoms with Crippen molar-refractivity contribution in [1.29, 1.82) is 0 Å². The van der Waals surface area contributed by atoms with Crippen LogP contribution in [0.2, 0.25) is 0 Å². The van der Waals surface area contributed by atoms with Crippen molar-refractivity contribution < 1.29 is 9.21 Å². The summed E-state index contributed by atoms with van der Waals surface area (Å²) in [5.41, 5.74) is 3.27. The Morgan fingerprint density at radius 3 is 2.66 bits per heavy atom. The van der Waals surface area contributed by atoms with Crippen molar-refractivity contribution in [2.24, 2.45) is 0 Å². The van der Waals surface area contributed by atoms with Gasteiger partial charge in [-0.25, -0.2) is 4.98 Å². The Morgan fingerprint density at radius 2 is 1.86 bits per heavy atom. The number of aromatic nitrogens is 1. The summed E-state index contributed by atoms with van der Waals surface area (Å²) < 4.78 is 5.98. The van der Waals surface area contributed by atoms with Crippen LogP contribution in [0.5, 0.6) is 0 Å². The summed E-state index contributed by atoms with van der Waals surface area (Å²) in [4.78, 5) is 21.5. The van der Waals surface area contributed by atoms with Crippen LogP contribution in [-0.2, 0) is 4.79 Å². The summed E-state index contributed by atoms with van der Waals surface area (Å²) in [6.07, 6.45) is 3.64. The Bertz CT molecular complexity index is 1080. The molecule has 1 N–H and O–H groups in total. The van der Waals surface area contributed by atoms with Crippen molar-refractivity contribution in [2.45, 2.75) is 0 Å². The van der Waals surface area contributed by atoms with Crippen molar-refractivity contribution in [3.8, 4) is 11.3 Å². The summed E-state index contributed by atoms with van der Waals surface area (Å²) >= 11 is 0. The number of nitrogens with zero attached hydrogens (tertiary/aromatic N) is 3. The van der Waals surface area contributed by atoms with Crippen LogP contribution in [0.25, 0.3) is 23.0 Å². The highest BCUT2D eigenvalue weighted by Gasteiger charge is 2.24. The zero-order chi connectivity index (χ0) is 19.8. The molecule has 1 fully saturated rings. The quantitative estimate of drug-likeness (QED) is 0.697. The maximum Gasteiger partial charge on any atom is 0.256 e. The smallest absolute Gasteiger partial charge is 0.256 e. The number of carbonyl (C=O) groups is 1. The van der Waals surface area contributed by atoms with E-state index >= 15 is 0 Å². The van der Waals surface area contributed by atoms with Crippen LogP contribution in [-0.4, -0.2) is 49.0 Å². The molecular weight excluding hydrogens is 364 g/mol. The lowest BCUT2D eigenvalue weighted by atomic mass is 10.1. The van der Waals surface area contributed by atoms with Crippen molar-refractivity contribution in [3.05, 3.63) is 66.1 Å². The average Bonchev–Trinajstić information content (AvgIpc) is 3.34. The van der Waals surface area contributed by atoms with E-state index in [4.69, 9.17) is 4.42 Å². The number of amides is 1. The van der Waals surface area contributed by atoms with Gasteiger partial charge in [-0.1, -0.05) is 18.2 Å². The molecule has 29 heavy (non-hydrogen) atoms. The second-order valence-corrected chi connectivity index (χ2v) is 7.46. The van der Waals surface area contributed by atoms with Gasteiger partial charge in [0.1, 0.15) is 17.3 Å². The first-order valence-corrected chi connectivity index (χ1v) is 9.79. The van der Waals surface area contributed by atoms with Crippen molar-refractivity contribution >= 4 is 29.1 Å². The van der Waals surface area contributed by atoms with Crippen molar-refractivity contribution in [3.63, 3.8) is 0 Å². The topological polar surface area (TPSA) is 61.6 Å². The molecule has 0 atom stereocenters. The summed E-state index contributed by atoms with van der Waals surface area (Å²) in [7, 11) is 2.14. The second kappa shape index (κ2) is 7.22. The summed E-state index contributed by atoms with van der Waals surface area (Å²) in [5, 5.41) is 2.88. The van der Waals surface area contributed by atoms with Gasteiger partial charge in [-0.15, -0.1) is 0 Å². The fourth-order valence-corrected chi connectivity index (χ4v) is 3.76. The van der Waals surface area contributed by atoms with E-state index in [2.05, 4.69) is 27.1 Å². The van der Waals surface area contributed by atoms with Gasteiger partial charge >= 0.3 is 0 Å². The van der Waals surface area contributed by atoms with Gasteiger partial charge in [0.15, 0.2) is 0 Å². The van der Waals surface area contributed by atoms with Crippen LogP contribution in [0.4, 0.5) is 11.5 Å². The monoisotopic (exact) mass is 386 g/mol. The van der Waals surface area contributed by atoms with Crippen LogP contribution >= 0.6 is 0 Å². The Kier molecular flexibility index (Phi) is 4.41. The van der Waals surface area contributed by atoms with E-state index in [1.165, 1.54) is 0 Å². The van der Waals surface area contributed by atoms with Crippen LogP contribution in [0.3, 0.4) is 0 Å². The average molecular weight is 386 g/mol. The molecule has 2 aliphatic heterocycles. The van der Waals surface area contributed by atoms with Crippen LogP contribution in [0, 0.1) is 0 Å². The molecular formula is C23H22N4O2. The van der Waals surface area contributed by atoms with Gasteiger partial charge in [0, 0.05) is 49.2 Å². The number of nitrogens with one attached hydrogen (secondary N) is 1. The fourth-order valence-electron chi connectivity index (χ4n) is 3.76. The molecule has 1 saturated heterocycles. The number of benzene rings is 1. The van der Waals surface area contributed by atoms with E-state index in [1.54, 1.807) is 6.08 Å². The third-order valence-electron chi connectivity index (χ3n) is 5.48. The maximum atomic E-state index is 12.3. The summed E-state index contributed by atoms with van der Waals surface area (Å²) in [5.74, 6) is 2.27. The zero-order valence-electron chi connectivity index (χ0n) is 16.3. The zero-order valence-corrected chi connectivity index (χ0v) is 16.3. The number of likely N-dealkylation sites (N-methyl/N-ethyl adjacent to an activating group) is 1. The third-order valence-corrected chi connectivity index (χ3v) is 5.48. The number of rotatable bonds is 3. The van der Waals surface area contributed by atoms with Gasteiger partial charge in [0.25, 0.3) is 5.91 Å². The number of pyridine rings is 1. The Balaban J connectivity index is 1.36. The summed E-state index contributed by atoms with van der Waals surface area (Å²) in [6, 6.07) is 15.5. The van der Waals surface area contributed by atoms with Crippen LogP contribution < -0.4 is 10.2 Å². The van der Waals surface area contributed by atoms with Crippen molar-refractivity contribution in [2.75, 3.05) is 43.4 Å². The number of furan rings is 1. The number of fused-ring (bicyclic) bond motifs is 1. The predicted molar refractivity (Wildman–Crippen MR) is 115 cm³/mol. The molecule has 1 amide bonds. The second-order valence-electron chi connectivity index (χ2n) is 7.46. The van der Waals surface area contributed by atoms with E-state index in [9.17, 15) is 4.79 Å². The molecule has 3 aromatic rings. The third kappa shape index (κ3) is 3.43. The van der Waals surface area contributed by atoms with Crippen molar-refractivity contribution in [1.82, 2.24) is 9.88 Å². The standard InChI is InChI=1S/C23H22N4O2/c1-26-10-12-27(13-11-26)22-9-6-16(15-24-22)21-8-7-17(29-21)14-19-18-4-2-3-5-20(18)25-23(19)28/h2-9,14-15H,10-13H2,1H3,(H,25,28). The lowest BCUT2D eigenvalue weighted by Gasteiger charge is -2.33. The van der Waals surface area contributed by atoms with Crippen LogP contribution in [0.1, 0.15) is 11.3 Å². The molecule has 0 saturated carbocycles. The molecule has 6 heteroatoms. The van der Waals surface area contributed by atoms with E-state index in [0.29, 0.717) is 11.3 Å². The minimum atomic E-state index is -0.109. The minimum absolute atomic E-state index is 0.109. The molecule has 146 valence electrons. The molecule has 5 rings (SSSR count). The number of piperazine rings is 1. The first-order chi connectivity index (χ1) is 14.2. The van der Waals surface area contributed by atoms with Gasteiger partial charge in [-0.05, 0) is 43.5 Å².